The summed E-state index contributed by atoms with van der Waals surface area (Å²) in [5.74, 6) is 0. The Labute approximate surface area is 89.1 Å². The first kappa shape index (κ1) is 8.98. The molecule has 0 saturated carbocycles. The van der Waals surface area contributed by atoms with Crippen LogP contribution in [0.25, 0.3) is 0 Å². The second-order valence-electron chi connectivity index (χ2n) is 3.12. The molecule has 0 unspecified atom stereocenters. The lowest BCUT2D eigenvalue weighted by Gasteiger charge is -2.11. The van der Waals surface area contributed by atoms with Gasteiger partial charge in [-0.25, -0.2) is 4.79 Å². The van der Waals surface area contributed by atoms with E-state index in [2.05, 4.69) is 27.7 Å². The fourth-order valence-corrected chi connectivity index (χ4v) is 2.51. The highest BCUT2D eigenvalue weighted by molar-refractivity contribution is 14.1. The first-order chi connectivity index (χ1) is 6.20. The molecule has 70 valence electrons. The highest BCUT2D eigenvalue weighted by Gasteiger charge is 2.21. The minimum Gasteiger partial charge on any atom is -0.463 e. The van der Waals surface area contributed by atoms with Gasteiger partial charge in [-0.05, 0) is 48.3 Å². The summed E-state index contributed by atoms with van der Waals surface area (Å²) in [5, 5.41) is 12.8. The van der Waals surface area contributed by atoms with Crippen LogP contribution in [0.3, 0.4) is 0 Å². The molecule has 0 spiro atoms. The summed E-state index contributed by atoms with van der Waals surface area (Å²) in [6, 6.07) is 0. The maximum absolute atomic E-state index is 10.8. The molecule has 0 saturated heterocycles. The summed E-state index contributed by atoms with van der Waals surface area (Å²) in [6.45, 7) is 0. The van der Waals surface area contributed by atoms with E-state index in [9.17, 15) is 4.79 Å². The average molecular weight is 292 g/mol. The second kappa shape index (κ2) is 3.28. The van der Waals surface area contributed by atoms with E-state index in [0.29, 0.717) is 0 Å². The zero-order valence-corrected chi connectivity index (χ0v) is 9.11. The third kappa shape index (κ3) is 1.45. The minimum atomic E-state index is -0.971. The average Bonchev–Trinajstić information content (AvgIpc) is 2.45. The lowest BCUT2D eigenvalue weighted by atomic mass is 9.98. The van der Waals surface area contributed by atoms with E-state index < -0.39 is 6.09 Å². The molecule has 0 radical (unpaired) electrons. The van der Waals surface area contributed by atoms with Gasteiger partial charge in [0.05, 0.1) is 5.69 Å². The van der Waals surface area contributed by atoms with E-state index in [1.54, 1.807) is 0 Å². The smallest absolute Gasteiger partial charge is 0.432 e. The van der Waals surface area contributed by atoms with Crippen molar-refractivity contribution in [3.63, 3.8) is 0 Å². The molecule has 13 heavy (non-hydrogen) atoms. The van der Waals surface area contributed by atoms with E-state index in [0.717, 1.165) is 45.3 Å². The van der Waals surface area contributed by atoms with Crippen molar-refractivity contribution in [2.45, 2.75) is 25.7 Å². The number of carbonyl (C=O) groups is 1. The van der Waals surface area contributed by atoms with Crippen LogP contribution in [0.5, 0.6) is 0 Å². The van der Waals surface area contributed by atoms with Gasteiger partial charge >= 0.3 is 6.09 Å². The normalized spacial score (nSPS) is 15.5. The van der Waals surface area contributed by atoms with E-state index in [4.69, 9.17) is 5.11 Å². The topological polar surface area (TPSA) is 55.1 Å². The number of halogens is 1. The Morgan fingerprint density at radius 1 is 1.46 bits per heavy atom. The molecule has 4 nitrogen and oxygen atoms in total. The van der Waals surface area contributed by atoms with Gasteiger partial charge in [0.1, 0.15) is 3.70 Å². The third-order valence-corrected chi connectivity index (χ3v) is 3.18. The molecule has 0 bridgehead atoms. The number of aromatic nitrogens is 2. The van der Waals surface area contributed by atoms with Crippen LogP contribution in [0.15, 0.2) is 0 Å². The van der Waals surface area contributed by atoms with Crippen LogP contribution in [0.4, 0.5) is 4.79 Å². The fourth-order valence-electron chi connectivity index (χ4n) is 1.71. The highest BCUT2D eigenvalue weighted by Crippen LogP contribution is 2.25. The molecular weight excluding hydrogens is 283 g/mol. The molecule has 0 atom stereocenters. The van der Waals surface area contributed by atoms with E-state index in [1.165, 1.54) is 0 Å². The Balaban J connectivity index is 2.53. The molecule has 5 heteroatoms. The van der Waals surface area contributed by atoms with Crippen molar-refractivity contribution in [1.29, 1.82) is 0 Å². The quantitative estimate of drug-likeness (QED) is 0.743. The molecular formula is C8H9IN2O2. The highest BCUT2D eigenvalue weighted by atomic mass is 127. The summed E-state index contributed by atoms with van der Waals surface area (Å²) < 4.78 is 1.96. The number of carboxylic acid groups (broad SMARTS) is 1. The number of rotatable bonds is 0. The number of fused-ring (bicyclic) bond motifs is 1. The molecule has 0 aliphatic heterocycles. The summed E-state index contributed by atoms with van der Waals surface area (Å²) in [7, 11) is 0. The zero-order valence-electron chi connectivity index (χ0n) is 6.96. The maximum Gasteiger partial charge on any atom is 0.432 e. The molecule has 0 amide bonds. The molecule has 2 rings (SSSR count). The van der Waals surface area contributed by atoms with Crippen molar-refractivity contribution >= 4 is 28.7 Å². The molecule has 0 fully saturated rings. The molecule has 1 N–H and O–H groups in total. The van der Waals surface area contributed by atoms with Crippen molar-refractivity contribution in [2.75, 3.05) is 0 Å². The summed E-state index contributed by atoms with van der Waals surface area (Å²) in [4.78, 5) is 10.8. The van der Waals surface area contributed by atoms with Gasteiger partial charge in [-0.1, -0.05) is 0 Å². The van der Waals surface area contributed by atoms with Crippen molar-refractivity contribution in [3.05, 3.63) is 15.0 Å². The largest absolute Gasteiger partial charge is 0.463 e. The van der Waals surface area contributed by atoms with Crippen LogP contribution >= 0.6 is 22.6 Å². The summed E-state index contributed by atoms with van der Waals surface area (Å²) in [6.07, 6.45) is 3.07. The Bertz CT molecular complexity index is 359. The van der Waals surface area contributed by atoms with Crippen molar-refractivity contribution < 1.29 is 9.90 Å². The maximum atomic E-state index is 10.8. The molecule has 1 aromatic rings. The summed E-state index contributed by atoms with van der Waals surface area (Å²) in [5.41, 5.74) is 2.03. The van der Waals surface area contributed by atoms with Crippen LogP contribution in [-0.4, -0.2) is 21.0 Å². The lowest BCUT2D eigenvalue weighted by Crippen LogP contribution is -2.15. The molecule has 1 heterocycles. The van der Waals surface area contributed by atoms with E-state index in [-0.39, 0.29) is 0 Å². The lowest BCUT2D eigenvalue weighted by molar-refractivity contribution is 0.191. The zero-order chi connectivity index (χ0) is 9.42. The van der Waals surface area contributed by atoms with Crippen molar-refractivity contribution in [1.82, 2.24) is 9.78 Å². The van der Waals surface area contributed by atoms with Crippen LogP contribution < -0.4 is 0 Å². The number of nitrogens with zero attached hydrogens (tertiary/aromatic N) is 2. The summed E-state index contributed by atoms with van der Waals surface area (Å²) >= 11 is 2.10. The molecule has 0 aromatic carbocycles. The minimum absolute atomic E-state index is 0.842. The standard InChI is InChI=1S/C8H9IN2O2/c9-7-5-3-1-2-4-6(5)11(10-7)8(12)13/h1-4H2,(H,12,13). The Morgan fingerprint density at radius 2 is 2.15 bits per heavy atom. The van der Waals surface area contributed by atoms with E-state index in [1.807, 2.05) is 0 Å². The predicted octanol–water partition coefficient (Wildman–Crippen LogP) is 1.89. The SMILES string of the molecule is O=C(O)n1nc(I)c2c1CCCC2. The fraction of sp³-hybridized carbons (Fsp3) is 0.500. The Morgan fingerprint density at radius 3 is 2.85 bits per heavy atom. The van der Waals surface area contributed by atoms with E-state index >= 15 is 0 Å². The van der Waals surface area contributed by atoms with Gasteiger partial charge in [0.2, 0.25) is 0 Å². The molecule has 1 aromatic heterocycles. The van der Waals surface area contributed by atoms with Crippen LogP contribution in [-0.2, 0) is 12.8 Å². The molecule has 1 aliphatic rings. The Hall–Kier alpha value is -0.590. The van der Waals surface area contributed by atoms with Gasteiger partial charge < -0.3 is 5.11 Å². The van der Waals surface area contributed by atoms with Crippen LogP contribution in [0, 0.1) is 3.70 Å². The Kier molecular flexibility index (Phi) is 2.27. The van der Waals surface area contributed by atoms with Crippen LogP contribution in [0.1, 0.15) is 24.1 Å². The number of hydrogen-bond acceptors (Lipinski definition) is 2. The number of hydrogen-bond donors (Lipinski definition) is 1. The van der Waals surface area contributed by atoms with Crippen molar-refractivity contribution in [3.8, 4) is 0 Å². The van der Waals surface area contributed by atoms with Crippen molar-refractivity contribution in [2.24, 2.45) is 0 Å². The van der Waals surface area contributed by atoms with Gasteiger partial charge in [-0.3, -0.25) is 0 Å². The van der Waals surface area contributed by atoms with Crippen LogP contribution in [0.2, 0.25) is 0 Å². The van der Waals surface area contributed by atoms with Gasteiger partial charge in [-0.2, -0.15) is 9.78 Å². The van der Waals surface area contributed by atoms with Gasteiger partial charge in [0.15, 0.2) is 0 Å². The third-order valence-electron chi connectivity index (χ3n) is 2.31. The molecule has 1 aliphatic carbocycles. The first-order valence-electron chi connectivity index (χ1n) is 4.19. The van der Waals surface area contributed by atoms with Gasteiger partial charge in [0, 0.05) is 5.56 Å². The monoisotopic (exact) mass is 292 g/mol. The second-order valence-corrected chi connectivity index (χ2v) is 4.14. The van der Waals surface area contributed by atoms with Gasteiger partial charge in [-0.15, -0.1) is 0 Å². The van der Waals surface area contributed by atoms with Gasteiger partial charge in [0.25, 0.3) is 0 Å². The first-order valence-corrected chi connectivity index (χ1v) is 5.27. The predicted molar refractivity (Wildman–Crippen MR) is 55.0 cm³/mol.